The molecule has 0 radical (unpaired) electrons. The van der Waals surface area contributed by atoms with E-state index in [0.717, 1.165) is 43.2 Å². The number of rotatable bonds is 7. The van der Waals surface area contributed by atoms with Crippen LogP contribution < -0.4 is 11.1 Å². The first kappa shape index (κ1) is 20.4. The van der Waals surface area contributed by atoms with Crippen molar-refractivity contribution in [2.75, 3.05) is 6.54 Å². The van der Waals surface area contributed by atoms with E-state index in [9.17, 15) is 4.79 Å². The van der Waals surface area contributed by atoms with Gasteiger partial charge in [-0.25, -0.2) is 0 Å². The number of nitrogens with two attached hydrogens (primary N) is 1. The Hall–Kier alpha value is -1.92. The number of nitrogens with one attached hydrogen (secondary N) is 1. The molecular weight excluding hydrogens is 352 g/mol. The van der Waals surface area contributed by atoms with Gasteiger partial charge in [-0.2, -0.15) is 4.98 Å². The van der Waals surface area contributed by atoms with Gasteiger partial charge in [-0.3, -0.25) is 4.79 Å². The SMILES string of the molecule is CCc1noc(-c2ccc(CCNC(=O)C[C@@H]3CCC[C@H]3N)cc2)n1.Cl. The van der Waals surface area contributed by atoms with Gasteiger partial charge in [0.1, 0.15) is 0 Å². The lowest BCUT2D eigenvalue weighted by molar-refractivity contribution is -0.122. The molecule has 142 valence electrons. The molecule has 1 aromatic heterocycles. The number of nitrogens with zero attached hydrogens (tertiary/aromatic N) is 2. The van der Waals surface area contributed by atoms with E-state index in [-0.39, 0.29) is 24.4 Å². The van der Waals surface area contributed by atoms with Gasteiger partial charge >= 0.3 is 0 Å². The molecule has 1 aliphatic carbocycles. The third-order valence-electron chi connectivity index (χ3n) is 4.89. The molecule has 1 aromatic carbocycles. The van der Waals surface area contributed by atoms with Gasteiger partial charge < -0.3 is 15.6 Å². The maximum atomic E-state index is 12.0. The van der Waals surface area contributed by atoms with Crippen LogP contribution in [0.1, 0.15) is 44.0 Å². The molecule has 0 spiro atoms. The van der Waals surface area contributed by atoms with Crippen molar-refractivity contribution in [2.45, 2.75) is 51.5 Å². The zero-order valence-electron chi connectivity index (χ0n) is 15.1. The molecule has 1 fully saturated rings. The molecule has 3 rings (SSSR count). The van der Waals surface area contributed by atoms with E-state index in [4.69, 9.17) is 10.3 Å². The van der Waals surface area contributed by atoms with Crippen LogP contribution >= 0.6 is 12.4 Å². The molecule has 2 atom stereocenters. The van der Waals surface area contributed by atoms with Crippen molar-refractivity contribution in [1.29, 1.82) is 0 Å². The van der Waals surface area contributed by atoms with E-state index < -0.39 is 0 Å². The molecule has 1 heterocycles. The highest BCUT2D eigenvalue weighted by Crippen LogP contribution is 2.26. The van der Waals surface area contributed by atoms with Crippen molar-refractivity contribution in [2.24, 2.45) is 11.7 Å². The number of hydrogen-bond donors (Lipinski definition) is 2. The normalized spacial score (nSPS) is 19.2. The minimum atomic E-state index is 0. The molecule has 0 unspecified atom stereocenters. The van der Waals surface area contributed by atoms with E-state index in [2.05, 4.69) is 15.5 Å². The molecule has 26 heavy (non-hydrogen) atoms. The summed E-state index contributed by atoms with van der Waals surface area (Å²) in [5, 5.41) is 6.91. The van der Waals surface area contributed by atoms with Crippen LogP contribution in [0.5, 0.6) is 0 Å². The predicted octanol–water partition coefficient (Wildman–Crippen LogP) is 2.90. The van der Waals surface area contributed by atoms with Gasteiger partial charge in [-0.1, -0.05) is 30.6 Å². The molecule has 7 heteroatoms. The Morgan fingerprint density at radius 1 is 1.31 bits per heavy atom. The molecule has 0 aliphatic heterocycles. The standard InChI is InChI=1S/C19H26N4O2.ClH/c1-2-17-22-19(25-23-17)14-8-6-13(7-9-14)10-11-21-18(24)12-15-4-3-5-16(15)20;/h6-9,15-16H,2-5,10-12,20H2,1H3,(H,21,24);1H/t15-,16+;/m0./s1. The van der Waals surface area contributed by atoms with Crippen molar-refractivity contribution in [1.82, 2.24) is 15.5 Å². The van der Waals surface area contributed by atoms with Crippen LogP contribution in [-0.2, 0) is 17.6 Å². The number of aryl methyl sites for hydroxylation is 1. The molecule has 2 aromatic rings. The second-order valence-electron chi connectivity index (χ2n) is 6.73. The van der Waals surface area contributed by atoms with Crippen LogP contribution in [0.3, 0.4) is 0 Å². The molecule has 0 saturated heterocycles. The zero-order chi connectivity index (χ0) is 17.6. The molecule has 1 amide bonds. The predicted molar refractivity (Wildman–Crippen MR) is 103 cm³/mol. The van der Waals surface area contributed by atoms with Crippen molar-refractivity contribution < 1.29 is 9.32 Å². The summed E-state index contributed by atoms with van der Waals surface area (Å²) in [4.78, 5) is 16.3. The maximum Gasteiger partial charge on any atom is 0.257 e. The van der Waals surface area contributed by atoms with Crippen molar-refractivity contribution in [3.8, 4) is 11.5 Å². The largest absolute Gasteiger partial charge is 0.356 e. The number of benzene rings is 1. The average molecular weight is 379 g/mol. The second-order valence-corrected chi connectivity index (χ2v) is 6.73. The number of amides is 1. The van der Waals surface area contributed by atoms with Gasteiger partial charge in [0.15, 0.2) is 5.82 Å². The Bertz CT molecular complexity index is 702. The molecule has 3 N–H and O–H groups in total. The van der Waals surface area contributed by atoms with E-state index in [0.29, 0.717) is 30.6 Å². The molecular formula is C19H27ClN4O2. The summed E-state index contributed by atoms with van der Waals surface area (Å²) in [6, 6.07) is 8.20. The first-order chi connectivity index (χ1) is 12.2. The summed E-state index contributed by atoms with van der Waals surface area (Å²) in [5.74, 6) is 1.71. The van der Waals surface area contributed by atoms with E-state index in [1.54, 1.807) is 0 Å². The Morgan fingerprint density at radius 3 is 2.69 bits per heavy atom. The van der Waals surface area contributed by atoms with Gasteiger partial charge in [0.25, 0.3) is 5.89 Å². The number of hydrogen-bond acceptors (Lipinski definition) is 5. The third-order valence-corrected chi connectivity index (χ3v) is 4.89. The van der Waals surface area contributed by atoms with Gasteiger partial charge in [0.05, 0.1) is 0 Å². The molecule has 1 saturated carbocycles. The van der Waals surface area contributed by atoms with E-state index in [1.807, 2.05) is 31.2 Å². The van der Waals surface area contributed by atoms with E-state index >= 15 is 0 Å². The van der Waals surface area contributed by atoms with Crippen LogP contribution in [0.25, 0.3) is 11.5 Å². The molecule has 1 aliphatic rings. The van der Waals surface area contributed by atoms with Crippen molar-refractivity contribution >= 4 is 18.3 Å². The number of aromatic nitrogens is 2. The summed E-state index contributed by atoms with van der Waals surface area (Å²) < 4.78 is 5.24. The Kier molecular flexibility index (Phi) is 7.60. The lowest BCUT2D eigenvalue weighted by Crippen LogP contribution is -2.32. The van der Waals surface area contributed by atoms with Crippen LogP contribution in [0.4, 0.5) is 0 Å². The van der Waals surface area contributed by atoms with E-state index in [1.165, 1.54) is 0 Å². The smallest absolute Gasteiger partial charge is 0.257 e. The molecule has 6 nitrogen and oxygen atoms in total. The topological polar surface area (TPSA) is 94.0 Å². The Balaban J connectivity index is 0.00000243. The number of carbonyl (C=O) groups excluding carboxylic acids is 1. The van der Waals surface area contributed by atoms with Crippen LogP contribution in [-0.4, -0.2) is 28.6 Å². The number of halogens is 1. The minimum absolute atomic E-state index is 0. The first-order valence-corrected chi connectivity index (χ1v) is 9.10. The first-order valence-electron chi connectivity index (χ1n) is 9.10. The fourth-order valence-electron chi connectivity index (χ4n) is 3.30. The van der Waals surface area contributed by atoms with Gasteiger partial charge in [0, 0.05) is 31.0 Å². The van der Waals surface area contributed by atoms with Crippen molar-refractivity contribution in [3.63, 3.8) is 0 Å². The van der Waals surface area contributed by atoms with Crippen molar-refractivity contribution in [3.05, 3.63) is 35.7 Å². The highest BCUT2D eigenvalue weighted by Gasteiger charge is 2.25. The summed E-state index contributed by atoms with van der Waals surface area (Å²) in [6.07, 6.45) is 5.37. The summed E-state index contributed by atoms with van der Waals surface area (Å²) in [7, 11) is 0. The highest BCUT2D eigenvalue weighted by atomic mass is 35.5. The van der Waals surface area contributed by atoms with Crippen LogP contribution in [0.2, 0.25) is 0 Å². The fraction of sp³-hybridized carbons (Fsp3) is 0.526. The number of carbonyl (C=O) groups is 1. The lowest BCUT2D eigenvalue weighted by Gasteiger charge is -2.14. The van der Waals surface area contributed by atoms with Gasteiger partial charge in [-0.05, 0) is 42.9 Å². The molecule has 0 bridgehead atoms. The maximum absolute atomic E-state index is 12.0. The third kappa shape index (κ3) is 5.29. The summed E-state index contributed by atoms with van der Waals surface area (Å²) >= 11 is 0. The van der Waals surface area contributed by atoms with Crippen LogP contribution in [0.15, 0.2) is 28.8 Å². The minimum Gasteiger partial charge on any atom is -0.356 e. The quantitative estimate of drug-likeness (QED) is 0.772. The van der Waals surface area contributed by atoms with Gasteiger partial charge in [-0.15, -0.1) is 12.4 Å². The fourth-order valence-corrected chi connectivity index (χ4v) is 3.30. The van der Waals surface area contributed by atoms with Crippen LogP contribution in [0, 0.1) is 5.92 Å². The second kappa shape index (κ2) is 9.69. The summed E-state index contributed by atoms with van der Waals surface area (Å²) in [6.45, 7) is 2.63. The average Bonchev–Trinajstić information content (AvgIpc) is 3.25. The highest BCUT2D eigenvalue weighted by molar-refractivity contribution is 5.85. The monoisotopic (exact) mass is 378 g/mol. The summed E-state index contributed by atoms with van der Waals surface area (Å²) in [5.41, 5.74) is 8.10. The zero-order valence-corrected chi connectivity index (χ0v) is 15.9. The Labute approximate surface area is 160 Å². The Morgan fingerprint density at radius 2 is 2.08 bits per heavy atom. The lowest BCUT2D eigenvalue weighted by atomic mass is 10.00. The van der Waals surface area contributed by atoms with Gasteiger partial charge in [0.2, 0.25) is 5.91 Å².